The lowest BCUT2D eigenvalue weighted by atomic mass is 10.0. The van der Waals surface area contributed by atoms with Crippen molar-refractivity contribution in [2.24, 2.45) is 5.73 Å². The monoisotopic (exact) mass is 317 g/mol. The summed E-state index contributed by atoms with van der Waals surface area (Å²) in [6, 6.07) is 2.59. The number of anilines is 1. The number of pyridine rings is 1. The van der Waals surface area contributed by atoms with Crippen molar-refractivity contribution in [1.82, 2.24) is 14.8 Å². The maximum absolute atomic E-state index is 11.6. The fraction of sp³-hybridized carbons (Fsp3) is 0.647. The summed E-state index contributed by atoms with van der Waals surface area (Å²) in [7, 11) is 2.25. The summed E-state index contributed by atoms with van der Waals surface area (Å²) >= 11 is 0. The van der Waals surface area contributed by atoms with Crippen LogP contribution in [0.4, 0.5) is 5.69 Å². The Morgan fingerprint density at radius 2 is 2.04 bits per heavy atom. The molecule has 1 unspecified atom stereocenters. The van der Waals surface area contributed by atoms with Gasteiger partial charge in [0, 0.05) is 51.2 Å². The van der Waals surface area contributed by atoms with Crippen LogP contribution < -0.4 is 10.6 Å². The molecule has 0 bridgehead atoms. The smallest absolute Gasteiger partial charge is 0.252 e. The van der Waals surface area contributed by atoms with Crippen molar-refractivity contribution < 1.29 is 4.79 Å². The number of piperidine rings is 1. The highest BCUT2D eigenvalue weighted by Gasteiger charge is 2.25. The predicted molar refractivity (Wildman–Crippen MR) is 91.7 cm³/mol. The number of aromatic nitrogens is 1. The second kappa shape index (κ2) is 7.27. The fourth-order valence-corrected chi connectivity index (χ4v) is 3.70. The molecule has 3 rings (SSSR count). The average molecular weight is 317 g/mol. The number of primary amides is 1. The number of hydrogen-bond acceptors (Lipinski definition) is 5. The van der Waals surface area contributed by atoms with Gasteiger partial charge in [0.2, 0.25) is 0 Å². The zero-order chi connectivity index (χ0) is 16.2. The Bertz CT molecular complexity index is 542. The molecule has 2 aliphatic heterocycles. The van der Waals surface area contributed by atoms with Crippen LogP contribution in [0.1, 0.15) is 29.6 Å². The third kappa shape index (κ3) is 3.82. The van der Waals surface area contributed by atoms with Crippen molar-refractivity contribution in [2.45, 2.75) is 25.3 Å². The van der Waals surface area contributed by atoms with E-state index in [-0.39, 0.29) is 0 Å². The van der Waals surface area contributed by atoms with Gasteiger partial charge in [0.25, 0.3) is 5.91 Å². The van der Waals surface area contributed by atoms with Gasteiger partial charge >= 0.3 is 0 Å². The van der Waals surface area contributed by atoms with Crippen LogP contribution >= 0.6 is 0 Å². The number of amides is 1. The summed E-state index contributed by atoms with van der Waals surface area (Å²) in [4.78, 5) is 22.9. The molecule has 2 saturated heterocycles. The van der Waals surface area contributed by atoms with Gasteiger partial charge in [-0.15, -0.1) is 0 Å². The minimum Gasteiger partial charge on any atom is -0.368 e. The van der Waals surface area contributed by atoms with E-state index in [0.717, 1.165) is 38.4 Å². The molecule has 6 heteroatoms. The van der Waals surface area contributed by atoms with E-state index in [9.17, 15) is 4.79 Å². The highest BCUT2D eigenvalue weighted by molar-refractivity contribution is 5.98. The maximum atomic E-state index is 11.6. The molecule has 0 spiro atoms. The van der Waals surface area contributed by atoms with Gasteiger partial charge in [0.1, 0.15) is 0 Å². The fourth-order valence-electron chi connectivity index (χ4n) is 3.70. The van der Waals surface area contributed by atoms with Gasteiger partial charge in [-0.05, 0) is 32.5 Å². The maximum Gasteiger partial charge on any atom is 0.252 e. The molecule has 0 radical (unpaired) electrons. The molecule has 1 aromatic rings. The first kappa shape index (κ1) is 16.2. The largest absolute Gasteiger partial charge is 0.368 e. The van der Waals surface area contributed by atoms with Crippen molar-refractivity contribution in [3.05, 3.63) is 24.0 Å². The number of likely N-dealkylation sites (tertiary alicyclic amines) is 1. The van der Waals surface area contributed by atoms with E-state index >= 15 is 0 Å². The minimum absolute atomic E-state index is 0.403. The van der Waals surface area contributed by atoms with Gasteiger partial charge in [-0.1, -0.05) is 6.42 Å². The van der Waals surface area contributed by atoms with Crippen molar-refractivity contribution in [3.63, 3.8) is 0 Å². The van der Waals surface area contributed by atoms with Crippen LogP contribution in [-0.4, -0.2) is 73.0 Å². The molecule has 1 atom stereocenters. The number of likely N-dealkylation sites (N-methyl/N-ethyl adjacent to an activating group) is 1. The van der Waals surface area contributed by atoms with E-state index in [1.165, 1.54) is 25.8 Å². The zero-order valence-corrected chi connectivity index (χ0v) is 13.9. The highest BCUT2D eigenvalue weighted by Crippen LogP contribution is 2.22. The van der Waals surface area contributed by atoms with Gasteiger partial charge in [0.15, 0.2) is 0 Å². The van der Waals surface area contributed by atoms with Crippen molar-refractivity contribution in [2.75, 3.05) is 51.2 Å². The first-order chi connectivity index (χ1) is 11.1. The van der Waals surface area contributed by atoms with Crippen LogP contribution in [0.5, 0.6) is 0 Å². The third-order valence-electron chi connectivity index (χ3n) is 5.17. The summed E-state index contributed by atoms with van der Waals surface area (Å²) < 4.78 is 0. The zero-order valence-electron chi connectivity index (χ0n) is 13.9. The number of piperazine rings is 1. The minimum atomic E-state index is -0.403. The molecule has 0 aliphatic carbocycles. The molecule has 126 valence electrons. The summed E-state index contributed by atoms with van der Waals surface area (Å²) in [5, 5.41) is 0. The Morgan fingerprint density at radius 3 is 2.74 bits per heavy atom. The van der Waals surface area contributed by atoms with Crippen molar-refractivity contribution in [1.29, 1.82) is 0 Å². The Kier molecular flexibility index (Phi) is 5.13. The summed E-state index contributed by atoms with van der Waals surface area (Å²) in [5.41, 5.74) is 6.91. The summed E-state index contributed by atoms with van der Waals surface area (Å²) in [6.07, 6.45) is 7.30. The lowest BCUT2D eigenvalue weighted by Gasteiger charge is -2.41. The van der Waals surface area contributed by atoms with Crippen LogP contribution in [0.3, 0.4) is 0 Å². The number of nitrogens with two attached hydrogens (primary N) is 1. The van der Waals surface area contributed by atoms with E-state index < -0.39 is 5.91 Å². The standard InChI is InChI=1S/C17H27N5O/c1-20-7-3-2-4-14(20)13-21-8-10-22(11-9-21)16-5-6-19-12-15(16)17(18)23/h5-6,12,14H,2-4,7-11,13H2,1H3,(H2,18,23). The molecule has 2 fully saturated rings. The Balaban J connectivity index is 1.57. The van der Waals surface area contributed by atoms with E-state index in [4.69, 9.17) is 5.73 Å². The van der Waals surface area contributed by atoms with Crippen LogP contribution in [-0.2, 0) is 0 Å². The normalized spacial score (nSPS) is 23.9. The Morgan fingerprint density at radius 1 is 1.26 bits per heavy atom. The third-order valence-corrected chi connectivity index (χ3v) is 5.17. The van der Waals surface area contributed by atoms with Gasteiger partial charge in [-0.25, -0.2) is 0 Å². The number of hydrogen-bond donors (Lipinski definition) is 1. The van der Waals surface area contributed by atoms with Crippen LogP contribution in [0.2, 0.25) is 0 Å². The molecule has 3 heterocycles. The van der Waals surface area contributed by atoms with Crippen LogP contribution in [0.15, 0.2) is 18.5 Å². The molecule has 23 heavy (non-hydrogen) atoms. The molecule has 0 aromatic carbocycles. The molecule has 0 saturated carbocycles. The Labute approximate surface area is 138 Å². The van der Waals surface area contributed by atoms with E-state index in [2.05, 4.69) is 26.7 Å². The molecule has 1 amide bonds. The average Bonchev–Trinajstić information content (AvgIpc) is 2.58. The van der Waals surface area contributed by atoms with Crippen LogP contribution in [0.25, 0.3) is 0 Å². The summed E-state index contributed by atoms with van der Waals surface area (Å²) in [6.45, 7) is 6.31. The topological polar surface area (TPSA) is 65.7 Å². The van der Waals surface area contributed by atoms with E-state index in [0.29, 0.717) is 11.6 Å². The van der Waals surface area contributed by atoms with E-state index in [1.807, 2.05) is 6.07 Å². The van der Waals surface area contributed by atoms with Crippen molar-refractivity contribution in [3.8, 4) is 0 Å². The van der Waals surface area contributed by atoms with E-state index in [1.54, 1.807) is 12.4 Å². The molecular formula is C17H27N5O. The molecule has 2 aliphatic rings. The van der Waals surface area contributed by atoms with Gasteiger partial charge in [0.05, 0.1) is 11.3 Å². The molecular weight excluding hydrogens is 290 g/mol. The van der Waals surface area contributed by atoms with Crippen LogP contribution in [0, 0.1) is 0 Å². The second-order valence-electron chi connectivity index (χ2n) is 6.67. The van der Waals surface area contributed by atoms with Gasteiger partial charge < -0.3 is 15.5 Å². The number of nitrogens with zero attached hydrogens (tertiary/aromatic N) is 4. The first-order valence-corrected chi connectivity index (χ1v) is 8.56. The lowest BCUT2D eigenvalue weighted by Crippen LogP contribution is -2.52. The van der Waals surface area contributed by atoms with Gasteiger partial charge in [-0.2, -0.15) is 0 Å². The van der Waals surface area contributed by atoms with Gasteiger partial charge in [-0.3, -0.25) is 14.7 Å². The number of carbonyl (C=O) groups is 1. The quantitative estimate of drug-likeness (QED) is 0.889. The highest BCUT2D eigenvalue weighted by atomic mass is 16.1. The number of carbonyl (C=O) groups excluding carboxylic acids is 1. The lowest BCUT2D eigenvalue weighted by molar-refractivity contribution is 0.1000. The Hall–Kier alpha value is -1.66. The second-order valence-corrected chi connectivity index (χ2v) is 6.67. The number of rotatable bonds is 4. The van der Waals surface area contributed by atoms with Crippen molar-refractivity contribution >= 4 is 11.6 Å². The first-order valence-electron chi connectivity index (χ1n) is 8.56. The SMILES string of the molecule is CN1CCCCC1CN1CCN(c2ccncc2C(N)=O)CC1. The summed E-state index contributed by atoms with van der Waals surface area (Å²) in [5.74, 6) is -0.403. The molecule has 1 aromatic heterocycles. The molecule has 6 nitrogen and oxygen atoms in total. The molecule has 2 N–H and O–H groups in total. The predicted octanol–water partition coefficient (Wildman–Crippen LogP) is 0.787.